The molecule has 0 spiro atoms. The van der Waals surface area contributed by atoms with Crippen LogP contribution in [-0.2, 0) is 0 Å². The number of hydrogen-bond donors (Lipinski definition) is 0. The topological polar surface area (TPSA) is 26.3 Å². The Labute approximate surface area is 127 Å². The molecule has 0 atom stereocenters. The average molecular weight is 307 g/mol. The molecule has 102 valence electrons. The third-order valence-electron chi connectivity index (χ3n) is 2.75. The van der Waals surface area contributed by atoms with Gasteiger partial charge in [0.05, 0.1) is 17.2 Å². The number of allylic oxidation sites excluding steroid dienone is 1. The lowest BCUT2D eigenvalue weighted by Crippen LogP contribution is -1.95. The van der Waals surface area contributed by atoms with Gasteiger partial charge in [0.1, 0.15) is 5.75 Å². The lowest BCUT2D eigenvalue weighted by atomic mass is 10.1. The molecule has 0 saturated heterocycles. The van der Waals surface area contributed by atoms with Gasteiger partial charge in [0, 0.05) is 5.56 Å². The van der Waals surface area contributed by atoms with E-state index in [2.05, 4.69) is 0 Å². The second-order valence-corrected chi connectivity index (χ2v) is 4.86. The second-order valence-electron chi connectivity index (χ2n) is 4.07. The highest BCUT2D eigenvalue weighted by atomic mass is 35.5. The molecule has 0 heterocycles. The van der Waals surface area contributed by atoms with Crippen LogP contribution in [0.2, 0.25) is 10.0 Å². The van der Waals surface area contributed by atoms with Gasteiger partial charge in [-0.1, -0.05) is 47.5 Å². The van der Waals surface area contributed by atoms with E-state index in [1.807, 2.05) is 0 Å². The van der Waals surface area contributed by atoms with Crippen molar-refractivity contribution in [2.45, 2.75) is 0 Å². The van der Waals surface area contributed by atoms with Gasteiger partial charge >= 0.3 is 0 Å². The molecule has 0 aliphatic carbocycles. The van der Waals surface area contributed by atoms with Crippen LogP contribution in [0.3, 0.4) is 0 Å². The molecule has 0 bridgehead atoms. The zero-order valence-corrected chi connectivity index (χ0v) is 12.3. The summed E-state index contributed by atoms with van der Waals surface area (Å²) in [4.78, 5) is 12.1. The molecule has 2 nitrogen and oxygen atoms in total. The summed E-state index contributed by atoms with van der Waals surface area (Å²) in [6.45, 7) is 0. The summed E-state index contributed by atoms with van der Waals surface area (Å²) in [6.07, 6.45) is 3.11. The molecule has 0 unspecified atom stereocenters. The zero-order chi connectivity index (χ0) is 14.5. The van der Waals surface area contributed by atoms with E-state index >= 15 is 0 Å². The molecule has 2 aromatic carbocycles. The summed E-state index contributed by atoms with van der Waals surface area (Å²) >= 11 is 12.0. The number of ether oxygens (including phenoxy) is 1. The number of hydrogen-bond acceptors (Lipinski definition) is 2. The molecule has 4 heteroatoms. The van der Waals surface area contributed by atoms with Crippen molar-refractivity contribution in [1.82, 2.24) is 0 Å². The molecule has 0 aromatic heterocycles. The maximum atomic E-state index is 12.1. The Morgan fingerprint density at radius 3 is 2.65 bits per heavy atom. The van der Waals surface area contributed by atoms with Gasteiger partial charge in [-0.3, -0.25) is 4.79 Å². The van der Waals surface area contributed by atoms with E-state index in [4.69, 9.17) is 27.9 Å². The van der Waals surface area contributed by atoms with E-state index in [9.17, 15) is 4.79 Å². The van der Waals surface area contributed by atoms with Gasteiger partial charge in [0.2, 0.25) is 0 Å². The smallest absolute Gasteiger partial charge is 0.185 e. The largest absolute Gasteiger partial charge is 0.497 e. The molecular weight excluding hydrogens is 295 g/mol. The van der Waals surface area contributed by atoms with Crippen molar-refractivity contribution >= 4 is 35.1 Å². The van der Waals surface area contributed by atoms with Crippen LogP contribution in [0.5, 0.6) is 5.75 Å². The number of carbonyl (C=O) groups excluding carboxylic acids is 1. The van der Waals surface area contributed by atoms with Crippen LogP contribution in [0.4, 0.5) is 0 Å². The number of ketones is 1. The quantitative estimate of drug-likeness (QED) is 0.593. The molecule has 0 saturated carbocycles. The fraction of sp³-hybridized carbons (Fsp3) is 0.0625. The van der Waals surface area contributed by atoms with E-state index in [0.717, 1.165) is 0 Å². The minimum atomic E-state index is -0.125. The Morgan fingerprint density at radius 1 is 1.15 bits per heavy atom. The lowest BCUT2D eigenvalue weighted by Gasteiger charge is -2.02. The molecule has 0 amide bonds. The molecule has 2 rings (SSSR count). The van der Waals surface area contributed by atoms with Gasteiger partial charge in [0.15, 0.2) is 5.78 Å². The lowest BCUT2D eigenvalue weighted by molar-refractivity contribution is 0.104. The van der Waals surface area contributed by atoms with E-state index < -0.39 is 0 Å². The first-order valence-electron chi connectivity index (χ1n) is 5.92. The predicted molar refractivity (Wildman–Crippen MR) is 82.8 cm³/mol. The van der Waals surface area contributed by atoms with Crippen molar-refractivity contribution in [3.05, 3.63) is 69.7 Å². The monoisotopic (exact) mass is 306 g/mol. The van der Waals surface area contributed by atoms with Crippen LogP contribution in [-0.4, -0.2) is 12.9 Å². The van der Waals surface area contributed by atoms with Crippen LogP contribution in [0.25, 0.3) is 6.08 Å². The molecule has 0 aliphatic rings. The number of carbonyl (C=O) groups is 1. The van der Waals surface area contributed by atoms with E-state index in [1.54, 1.807) is 55.7 Å². The Kier molecular flexibility index (Phi) is 4.83. The molecule has 20 heavy (non-hydrogen) atoms. The highest BCUT2D eigenvalue weighted by Gasteiger charge is 2.05. The average Bonchev–Trinajstić information content (AvgIpc) is 2.48. The Morgan fingerprint density at radius 2 is 1.90 bits per heavy atom. The van der Waals surface area contributed by atoms with Crippen LogP contribution in [0.15, 0.2) is 48.5 Å². The fourth-order valence-corrected chi connectivity index (χ4v) is 2.06. The van der Waals surface area contributed by atoms with E-state index in [1.165, 1.54) is 6.08 Å². The maximum absolute atomic E-state index is 12.1. The van der Waals surface area contributed by atoms with Crippen molar-refractivity contribution in [2.24, 2.45) is 0 Å². The van der Waals surface area contributed by atoms with Crippen LogP contribution in [0, 0.1) is 0 Å². The standard InChI is InChI=1S/C16H12Cl2O2/c1-20-13-6-2-5-12(10-13)15(19)9-8-11-4-3-7-14(17)16(11)18/h2-10H,1H3/b9-8+. The number of halogens is 2. The SMILES string of the molecule is COc1cccc(C(=O)/C=C/c2cccc(Cl)c2Cl)c1. The third kappa shape index (κ3) is 3.41. The summed E-state index contributed by atoms with van der Waals surface area (Å²) in [5.74, 6) is 0.519. The van der Waals surface area contributed by atoms with Gasteiger partial charge in [-0.25, -0.2) is 0 Å². The van der Waals surface area contributed by atoms with Crippen molar-refractivity contribution in [2.75, 3.05) is 7.11 Å². The molecule has 0 fully saturated rings. The molecule has 0 N–H and O–H groups in total. The Balaban J connectivity index is 2.22. The molecular formula is C16H12Cl2O2. The first-order chi connectivity index (χ1) is 9.61. The van der Waals surface area contributed by atoms with Crippen molar-refractivity contribution in [1.29, 1.82) is 0 Å². The number of rotatable bonds is 4. The van der Waals surface area contributed by atoms with Gasteiger partial charge in [-0.05, 0) is 35.9 Å². The molecule has 0 aliphatic heterocycles. The van der Waals surface area contributed by atoms with Crippen LogP contribution >= 0.6 is 23.2 Å². The Hall–Kier alpha value is -1.77. The van der Waals surface area contributed by atoms with Gasteiger partial charge in [-0.15, -0.1) is 0 Å². The van der Waals surface area contributed by atoms with E-state index in [-0.39, 0.29) is 5.78 Å². The first kappa shape index (κ1) is 14.6. The maximum Gasteiger partial charge on any atom is 0.185 e. The van der Waals surface area contributed by atoms with Gasteiger partial charge < -0.3 is 4.74 Å². The number of methoxy groups -OCH3 is 1. The first-order valence-corrected chi connectivity index (χ1v) is 6.68. The van der Waals surface area contributed by atoms with Crippen molar-refractivity contribution in [3.8, 4) is 5.75 Å². The van der Waals surface area contributed by atoms with Gasteiger partial charge in [0.25, 0.3) is 0 Å². The van der Waals surface area contributed by atoms with Crippen molar-refractivity contribution < 1.29 is 9.53 Å². The Bertz CT molecular complexity index is 663. The minimum Gasteiger partial charge on any atom is -0.497 e. The molecule has 0 radical (unpaired) electrons. The van der Waals surface area contributed by atoms with Crippen molar-refractivity contribution in [3.63, 3.8) is 0 Å². The highest BCUT2D eigenvalue weighted by molar-refractivity contribution is 6.42. The summed E-state index contributed by atoms with van der Waals surface area (Å²) in [5, 5.41) is 0.895. The van der Waals surface area contributed by atoms with E-state index in [0.29, 0.717) is 26.9 Å². The highest BCUT2D eigenvalue weighted by Crippen LogP contribution is 2.26. The minimum absolute atomic E-state index is 0.125. The summed E-state index contributed by atoms with van der Waals surface area (Å²) < 4.78 is 5.09. The summed E-state index contributed by atoms with van der Waals surface area (Å²) in [6, 6.07) is 12.3. The van der Waals surface area contributed by atoms with Crippen LogP contribution < -0.4 is 4.74 Å². The second kappa shape index (κ2) is 6.60. The summed E-state index contributed by atoms with van der Waals surface area (Å²) in [5.41, 5.74) is 1.26. The predicted octanol–water partition coefficient (Wildman–Crippen LogP) is 4.90. The van der Waals surface area contributed by atoms with Gasteiger partial charge in [-0.2, -0.15) is 0 Å². The van der Waals surface area contributed by atoms with Crippen LogP contribution in [0.1, 0.15) is 15.9 Å². The molecule has 2 aromatic rings. The third-order valence-corrected chi connectivity index (χ3v) is 3.58. The normalized spacial score (nSPS) is 10.8. The number of benzene rings is 2. The fourth-order valence-electron chi connectivity index (χ4n) is 1.69. The zero-order valence-electron chi connectivity index (χ0n) is 10.8. The summed E-state index contributed by atoms with van der Waals surface area (Å²) in [7, 11) is 1.56.